The van der Waals surface area contributed by atoms with Crippen molar-refractivity contribution in [3.63, 3.8) is 0 Å². The first-order chi connectivity index (χ1) is 9.33. The zero-order valence-corrected chi connectivity index (χ0v) is 12.5. The number of thioether (sulfide) groups is 1. The van der Waals surface area contributed by atoms with E-state index in [1.807, 2.05) is 18.2 Å². The maximum atomic E-state index is 5.96. The van der Waals surface area contributed by atoms with Crippen LogP contribution in [0.1, 0.15) is 19.8 Å². The molecule has 3 nitrogen and oxygen atoms in total. The molecule has 2 atom stereocenters. The van der Waals surface area contributed by atoms with Gasteiger partial charge in [0, 0.05) is 11.4 Å². The van der Waals surface area contributed by atoms with Crippen molar-refractivity contribution < 1.29 is 9.47 Å². The van der Waals surface area contributed by atoms with Crippen LogP contribution < -0.4 is 10.1 Å². The smallest absolute Gasteiger partial charge is 0.132 e. The van der Waals surface area contributed by atoms with E-state index in [0.717, 1.165) is 31.7 Å². The molecule has 0 aromatic heterocycles. The topological polar surface area (TPSA) is 30.5 Å². The minimum Gasteiger partial charge on any atom is -0.490 e. The number of benzene rings is 1. The Bertz CT molecular complexity index is 386. The normalized spacial score (nSPS) is 22.6. The van der Waals surface area contributed by atoms with Gasteiger partial charge in [0.1, 0.15) is 12.4 Å². The van der Waals surface area contributed by atoms with E-state index in [4.69, 9.17) is 9.47 Å². The summed E-state index contributed by atoms with van der Waals surface area (Å²) >= 11 is 1.71. The zero-order valence-electron chi connectivity index (χ0n) is 11.7. The van der Waals surface area contributed by atoms with Gasteiger partial charge in [0.15, 0.2) is 0 Å². The second-order valence-corrected chi connectivity index (χ2v) is 5.58. The lowest BCUT2D eigenvalue weighted by molar-refractivity contribution is 0.0182. The maximum Gasteiger partial charge on any atom is 0.132 e. The summed E-state index contributed by atoms with van der Waals surface area (Å²) in [6.45, 7) is 4.73. The molecule has 106 valence electrons. The Balaban J connectivity index is 1.77. The van der Waals surface area contributed by atoms with Crippen molar-refractivity contribution in [2.24, 2.45) is 0 Å². The van der Waals surface area contributed by atoms with Gasteiger partial charge in [-0.25, -0.2) is 0 Å². The summed E-state index contributed by atoms with van der Waals surface area (Å²) < 4.78 is 11.9. The van der Waals surface area contributed by atoms with Crippen LogP contribution in [0.3, 0.4) is 0 Å². The van der Waals surface area contributed by atoms with Gasteiger partial charge in [0.25, 0.3) is 0 Å². The molecule has 1 fully saturated rings. The van der Waals surface area contributed by atoms with Crippen LogP contribution in [0.5, 0.6) is 5.75 Å². The molecule has 1 N–H and O–H groups in total. The van der Waals surface area contributed by atoms with Gasteiger partial charge < -0.3 is 14.8 Å². The van der Waals surface area contributed by atoms with Gasteiger partial charge in [-0.3, -0.25) is 0 Å². The maximum absolute atomic E-state index is 5.96. The van der Waals surface area contributed by atoms with Crippen LogP contribution >= 0.6 is 11.8 Å². The number of nitrogens with one attached hydrogen (secondary N) is 1. The fourth-order valence-corrected chi connectivity index (χ4v) is 2.82. The molecule has 0 aliphatic carbocycles. The Kier molecular flexibility index (Phi) is 6.01. The fraction of sp³-hybridized carbons (Fsp3) is 0.600. The van der Waals surface area contributed by atoms with Gasteiger partial charge in [-0.2, -0.15) is 0 Å². The molecule has 1 aromatic carbocycles. The highest BCUT2D eigenvalue weighted by atomic mass is 32.2. The van der Waals surface area contributed by atoms with Gasteiger partial charge in [0.2, 0.25) is 0 Å². The Morgan fingerprint density at radius 1 is 1.32 bits per heavy atom. The van der Waals surface area contributed by atoms with Crippen LogP contribution in [0.4, 0.5) is 0 Å². The molecule has 2 rings (SSSR count). The van der Waals surface area contributed by atoms with Crippen molar-refractivity contribution >= 4 is 11.8 Å². The number of ether oxygens (including phenoxy) is 2. The van der Waals surface area contributed by atoms with Crippen molar-refractivity contribution in [1.29, 1.82) is 0 Å². The lowest BCUT2D eigenvalue weighted by atomic mass is 10.2. The minimum atomic E-state index is 0.235. The quantitative estimate of drug-likeness (QED) is 0.778. The van der Waals surface area contributed by atoms with E-state index >= 15 is 0 Å². The number of para-hydroxylation sites is 1. The number of hydrogen-bond donors (Lipinski definition) is 1. The fourth-order valence-electron chi connectivity index (χ4n) is 2.28. The predicted octanol–water partition coefficient (Wildman–Crippen LogP) is 2.94. The molecule has 0 bridgehead atoms. The molecule has 0 radical (unpaired) electrons. The summed E-state index contributed by atoms with van der Waals surface area (Å²) in [4.78, 5) is 1.18. The third-order valence-corrected chi connectivity index (χ3v) is 4.09. The lowest BCUT2D eigenvalue weighted by Gasteiger charge is -2.16. The van der Waals surface area contributed by atoms with E-state index in [-0.39, 0.29) is 6.10 Å². The molecular formula is C15H23NO2S. The third-order valence-electron chi connectivity index (χ3n) is 3.31. The van der Waals surface area contributed by atoms with Gasteiger partial charge >= 0.3 is 0 Å². The first kappa shape index (κ1) is 14.7. The highest BCUT2D eigenvalue weighted by molar-refractivity contribution is 7.98. The summed E-state index contributed by atoms with van der Waals surface area (Å²) in [7, 11) is 0. The largest absolute Gasteiger partial charge is 0.490 e. The minimum absolute atomic E-state index is 0.235. The van der Waals surface area contributed by atoms with Crippen LogP contribution in [0.25, 0.3) is 0 Å². The molecule has 0 spiro atoms. The van der Waals surface area contributed by atoms with Crippen LogP contribution in [-0.4, -0.2) is 38.2 Å². The second kappa shape index (κ2) is 7.78. The number of rotatable bonds is 7. The van der Waals surface area contributed by atoms with Gasteiger partial charge in [-0.15, -0.1) is 11.8 Å². The standard InChI is InChI=1S/C15H23NO2S/c1-3-16-10-12-8-9-13(18-12)11-17-14-6-4-5-7-15(14)19-2/h4-7,12-13,16H,3,8-11H2,1-2H3. The SMILES string of the molecule is CCNCC1CCC(COc2ccccc2SC)O1. The molecule has 1 saturated heterocycles. The predicted molar refractivity (Wildman–Crippen MR) is 80.2 cm³/mol. The Morgan fingerprint density at radius 2 is 2.11 bits per heavy atom. The molecule has 1 heterocycles. The highest BCUT2D eigenvalue weighted by Gasteiger charge is 2.25. The average Bonchev–Trinajstić information content (AvgIpc) is 2.91. The van der Waals surface area contributed by atoms with Crippen molar-refractivity contribution in [2.75, 3.05) is 26.0 Å². The molecule has 2 unspecified atom stereocenters. The third kappa shape index (κ3) is 4.41. The first-order valence-corrected chi connectivity index (χ1v) is 8.18. The van der Waals surface area contributed by atoms with E-state index in [0.29, 0.717) is 12.7 Å². The summed E-state index contributed by atoms with van der Waals surface area (Å²) in [5, 5.41) is 3.33. The monoisotopic (exact) mass is 281 g/mol. The van der Waals surface area contributed by atoms with Crippen LogP contribution in [0.15, 0.2) is 29.2 Å². The molecule has 1 aromatic rings. The Hall–Kier alpha value is -0.710. The average molecular weight is 281 g/mol. The second-order valence-electron chi connectivity index (χ2n) is 4.73. The number of likely N-dealkylation sites (N-methyl/N-ethyl adjacent to an activating group) is 1. The first-order valence-electron chi connectivity index (χ1n) is 6.95. The van der Waals surface area contributed by atoms with Crippen LogP contribution in [-0.2, 0) is 4.74 Å². The van der Waals surface area contributed by atoms with E-state index < -0.39 is 0 Å². The van der Waals surface area contributed by atoms with E-state index in [1.165, 1.54) is 4.90 Å². The van der Waals surface area contributed by atoms with E-state index in [9.17, 15) is 0 Å². The summed E-state index contributed by atoms with van der Waals surface area (Å²) in [5.41, 5.74) is 0. The van der Waals surface area contributed by atoms with E-state index in [1.54, 1.807) is 11.8 Å². The van der Waals surface area contributed by atoms with E-state index in [2.05, 4.69) is 24.6 Å². The van der Waals surface area contributed by atoms with Gasteiger partial charge in [-0.1, -0.05) is 19.1 Å². The summed E-state index contributed by atoms with van der Waals surface area (Å²) in [6, 6.07) is 8.16. The summed E-state index contributed by atoms with van der Waals surface area (Å²) in [5.74, 6) is 0.966. The van der Waals surface area contributed by atoms with Gasteiger partial charge in [0.05, 0.1) is 12.2 Å². The molecule has 19 heavy (non-hydrogen) atoms. The molecule has 4 heteroatoms. The van der Waals surface area contributed by atoms with Crippen molar-refractivity contribution in [2.45, 2.75) is 36.9 Å². The Labute approximate surface area is 120 Å². The number of hydrogen-bond acceptors (Lipinski definition) is 4. The van der Waals surface area contributed by atoms with Crippen molar-refractivity contribution in [3.8, 4) is 5.75 Å². The molecular weight excluding hydrogens is 258 g/mol. The lowest BCUT2D eigenvalue weighted by Crippen LogP contribution is -2.28. The zero-order chi connectivity index (χ0) is 13.5. The summed E-state index contributed by atoms with van der Waals surface area (Å²) in [6.07, 6.45) is 4.88. The molecule has 0 saturated carbocycles. The Morgan fingerprint density at radius 3 is 2.89 bits per heavy atom. The molecule has 1 aliphatic heterocycles. The van der Waals surface area contributed by atoms with Crippen LogP contribution in [0.2, 0.25) is 0 Å². The van der Waals surface area contributed by atoms with Crippen molar-refractivity contribution in [1.82, 2.24) is 5.32 Å². The molecule has 1 aliphatic rings. The van der Waals surface area contributed by atoms with Gasteiger partial charge in [-0.05, 0) is 37.8 Å². The van der Waals surface area contributed by atoms with Crippen LogP contribution in [0, 0.1) is 0 Å². The molecule has 0 amide bonds. The highest BCUT2D eigenvalue weighted by Crippen LogP contribution is 2.28. The van der Waals surface area contributed by atoms with Crippen molar-refractivity contribution in [3.05, 3.63) is 24.3 Å².